The number of unbranched alkanes of at least 4 members (excludes halogenated alkanes) is 55. The largest absolute Gasteiger partial charge is 0.472 e. The van der Waals surface area contributed by atoms with Crippen molar-refractivity contribution < 1.29 is 80.2 Å². The zero-order valence-electron chi connectivity index (χ0n) is 67.5. The van der Waals surface area contributed by atoms with Gasteiger partial charge in [-0.25, -0.2) is 9.13 Å². The van der Waals surface area contributed by atoms with Crippen molar-refractivity contribution in [2.75, 3.05) is 39.6 Å². The zero-order valence-corrected chi connectivity index (χ0v) is 69.3. The Kier molecular flexibility index (Phi) is 75.4. The Hall–Kier alpha value is -1.94. The molecule has 0 aliphatic carbocycles. The molecule has 19 heteroatoms. The van der Waals surface area contributed by atoms with Gasteiger partial charge in [-0.2, -0.15) is 0 Å². The van der Waals surface area contributed by atoms with Gasteiger partial charge < -0.3 is 33.8 Å². The molecule has 0 aliphatic rings. The second-order valence-electron chi connectivity index (χ2n) is 30.5. The second-order valence-corrected chi connectivity index (χ2v) is 33.4. The molecule has 3 N–H and O–H groups in total. The summed E-state index contributed by atoms with van der Waals surface area (Å²) in [4.78, 5) is 73.2. The summed E-state index contributed by atoms with van der Waals surface area (Å²) in [6, 6.07) is 0. The minimum atomic E-state index is -4.96. The van der Waals surface area contributed by atoms with Crippen molar-refractivity contribution in [3.8, 4) is 0 Å². The lowest BCUT2D eigenvalue weighted by molar-refractivity contribution is -0.161. The van der Waals surface area contributed by atoms with Gasteiger partial charge in [0.2, 0.25) is 0 Å². The molecule has 3 unspecified atom stereocenters. The Bertz CT molecular complexity index is 1960. The molecule has 0 saturated carbocycles. The molecular formula is C84H164O17P2. The minimum Gasteiger partial charge on any atom is -0.462 e. The molecule has 0 spiro atoms. The molecule has 103 heavy (non-hydrogen) atoms. The summed E-state index contributed by atoms with van der Waals surface area (Å²) < 4.78 is 68.9. The lowest BCUT2D eigenvalue weighted by Gasteiger charge is -2.21. The van der Waals surface area contributed by atoms with Gasteiger partial charge in [0.1, 0.15) is 19.3 Å². The van der Waals surface area contributed by atoms with E-state index in [9.17, 15) is 43.2 Å². The van der Waals surface area contributed by atoms with E-state index in [2.05, 4.69) is 34.6 Å². The van der Waals surface area contributed by atoms with Gasteiger partial charge in [-0.15, -0.1) is 0 Å². The maximum atomic E-state index is 13.1. The number of esters is 4. The number of ether oxygens (including phenoxy) is 4. The molecule has 0 aromatic heterocycles. The van der Waals surface area contributed by atoms with Gasteiger partial charge in [-0.3, -0.25) is 37.3 Å². The maximum Gasteiger partial charge on any atom is 0.472 e. The van der Waals surface area contributed by atoms with Crippen LogP contribution in [-0.2, 0) is 65.4 Å². The molecule has 0 saturated heterocycles. The van der Waals surface area contributed by atoms with Crippen LogP contribution in [0.25, 0.3) is 0 Å². The standard InChI is InChI=1S/C84H164O17P2/c1-6-10-13-16-19-22-25-28-30-31-33-38-43-48-53-58-63-68-82(87)95-74-80(101-84(89)70-65-60-55-50-45-40-35-34-37-41-46-51-56-61-66-77(5)9-4)76-99-103(92,93)97-72-78(85)71-96-102(90,91)98-75-79(73-94-81(86)67-62-57-52-47-42-36-27-24-21-18-15-12-8-3)100-83(88)69-64-59-54-49-44-39-32-29-26-23-20-17-14-11-7-2/h77-80,85H,6-76H2,1-5H3,(H,90,91)(H,92,93)/t77?,78-,79+,80+/m0/s1. The molecule has 0 heterocycles. The van der Waals surface area contributed by atoms with Gasteiger partial charge in [-0.1, -0.05) is 401 Å². The Balaban J connectivity index is 5.27. The first-order valence-corrected chi connectivity index (χ1v) is 46.7. The summed E-state index contributed by atoms with van der Waals surface area (Å²) in [7, 11) is -9.92. The Morgan fingerprint density at radius 3 is 0.689 bits per heavy atom. The first-order chi connectivity index (χ1) is 50.1. The normalized spacial score (nSPS) is 14.1. The van der Waals surface area contributed by atoms with Crippen molar-refractivity contribution in [1.29, 1.82) is 0 Å². The molecule has 0 radical (unpaired) electrons. The van der Waals surface area contributed by atoms with E-state index in [1.54, 1.807) is 0 Å². The lowest BCUT2D eigenvalue weighted by atomic mass is 9.99. The van der Waals surface area contributed by atoms with Gasteiger partial charge in [-0.05, 0) is 31.6 Å². The maximum absolute atomic E-state index is 13.1. The van der Waals surface area contributed by atoms with Gasteiger partial charge >= 0.3 is 39.5 Å². The summed E-state index contributed by atoms with van der Waals surface area (Å²) in [5, 5.41) is 10.7. The summed E-state index contributed by atoms with van der Waals surface area (Å²) in [6.07, 6.45) is 69.1. The average Bonchev–Trinajstić information content (AvgIpc) is 0.919. The van der Waals surface area contributed by atoms with Crippen LogP contribution in [0.3, 0.4) is 0 Å². The molecule has 0 aromatic carbocycles. The summed E-state index contributed by atoms with van der Waals surface area (Å²) in [5.41, 5.74) is 0. The smallest absolute Gasteiger partial charge is 0.462 e. The van der Waals surface area contributed by atoms with E-state index in [0.29, 0.717) is 25.7 Å². The topological polar surface area (TPSA) is 237 Å². The molecule has 0 aromatic rings. The third kappa shape index (κ3) is 76.6. The van der Waals surface area contributed by atoms with Gasteiger partial charge in [0, 0.05) is 25.7 Å². The average molecular weight is 1510 g/mol. The van der Waals surface area contributed by atoms with E-state index in [0.717, 1.165) is 95.8 Å². The first kappa shape index (κ1) is 101. The molecule has 0 fully saturated rings. The van der Waals surface area contributed by atoms with Gasteiger partial charge in [0.05, 0.1) is 26.4 Å². The molecular weight excluding hydrogens is 1340 g/mol. The summed E-state index contributed by atoms with van der Waals surface area (Å²) in [5.74, 6) is -1.25. The number of aliphatic hydroxyl groups is 1. The number of carbonyl (C=O) groups excluding carboxylic acids is 4. The monoisotopic (exact) mass is 1510 g/mol. The molecule has 6 atom stereocenters. The van der Waals surface area contributed by atoms with Crippen LogP contribution < -0.4 is 0 Å². The Morgan fingerprint density at radius 1 is 0.272 bits per heavy atom. The minimum absolute atomic E-state index is 0.109. The third-order valence-corrected chi connectivity index (χ3v) is 22.0. The zero-order chi connectivity index (χ0) is 75.5. The van der Waals surface area contributed by atoms with E-state index in [1.165, 1.54) is 276 Å². The van der Waals surface area contributed by atoms with Crippen molar-refractivity contribution in [1.82, 2.24) is 0 Å². The molecule has 0 bridgehead atoms. The fourth-order valence-electron chi connectivity index (χ4n) is 13.1. The summed E-state index contributed by atoms with van der Waals surface area (Å²) >= 11 is 0. The third-order valence-electron chi connectivity index (χ3n) is 20.1. The highest BCUT2D eigenvalue weighted by molar-refractivity contribution is 7.47. The van der Waals surface area contributed by atoms with Gasteiger partial charge in [0.25, 0.3) is 0 Å². The van der Waals surface area contributed by atoms with Crippen molar-refractivity contribution >= 4 is 39.5 Å². The number of carbonyl (C=O) groups is 4. The fraction of sp³-hybridized carbons (Fsp3) is 0.952. The molecule has 612 valence electrons. The number of phosphoric acid groups is 2. The van der Waals surface area contributed by atoms with Crippen LogP contribution in [0.2, 0.25) is 0 Å². The van der Waals surface area contributed by atoms with E-state index in [4.69, 9.17) is 37.0 Å². The van der Waals surface area contributed by atoms with Crippen LogP contribution in [0.1, 0.15) is 452 Å². The predicted molar refractivity (Wildman–Crippen MR) is 423 cm³/mol. The van der Waals surface area contributed by atoms with Crippen LogP contribution >= 0.6 is 15.6 Å². The quantitative estimate of drug-likeness (QED) is 0.0222. The highest BCUT2D eigenvalue weighted by Gasteiger charge is 2.30. The summed E-state index contributed by atoms with van der Waals surface area (Å²) in [6.45, 7) is 7.42. The van der Waals surface area contributed by atoms with Crippen molar-refractivity contribution in [2.24, 2.45) is 5.92 Å². The fourth-order valence-corrected chi connectivity index (χ4v) is 14.7. The Morgan fingerprint density at radius 2 is 0.466 bits per heavy atom. The number of phosphoric ester groups is 2. The number of rotatable bonds is 84. The number of hydrogen-bond donors (Lipinski definition) is 3. The first-order valence-electron chi connectivity index (χ1n) is 43.7. The van der Waals surface area contributed by atoms with Crippen LogP contribution in [0.4, 0.5) is 0 Å². The number of hydrogen-bond acceptors (Lipinski definition) is 15. The Labute approximate surface area is 632 Å². The molecule has 0 rings (SSSR count). The molecule has 0 aliphatic heterocycles. The lowest BCUT2D eigenvalue weighted by Crippen LogP contribution is -2.30. The SMILES string of the molecule is CCCCCCCCCCCCCCCCCCCC(=O)OC[C@H](COP(=O)(O)OC[C@@H](O)COP(=O)(O)OC[C@@H](COC(=O)CCCCCCCCCCCCCCC)OC(=O)CCCCCCCCCCCCCCCCC)OC(=O)CCCCCCCCCCCCCCCCC(C)CC. The van der Waals surface area contributed by atoms with E-state index < -0.39 is 97.5 Å². The van der Waals surface area contributed by atoms with E-state index in [-0.39, 0.29) is 25.7 Å². The van der Waals surface area contributed by atoms with Crippen LogP contribution in [0, 0.1) is 5.92 Å². The van der Waals surface area contributed by atoms with Crippen molar-refractivity contribution in [3.05, 3.63) is 0 Å². The molecule has 0 amide bonds. The van der Waals surface area contributed by atoms with Gasteiger partial charge in [0.15, 0.2) is 12.2 Å². The van der Waals surface area contributed by atoms with E-state index >= 15 is 0 Å². The molecule has 17 nitrogen and oxygen atoms in total. The predicted octanol–water partition coefficient (Wildman–Crippen LogP) is 25.6. The number of aliphatic hydroxyl groups excluding tert-OH is 1. The van der Waals surface area contributed by atoms with Crippen LogP contribution in [0.15, 0.2) is 0 Å². The van der Waals surface area contributed by atoms with Crippen molar-refractivity contribution in [3.63, 3.8) is 0 Å². The van der Waals surface area contributed by atoms with Crippen LogP contribution in [-0.4, -0.2) is 96.7 Å². The van der Waals surface area contributed by atoms with E-state index in [1.807, 2.05) is 0 Å². The van der Waals surface area contributed by atoms with Crippen LogP contribution in [0.5, 0.6) is 0 Å². The highest BCUT2D eigenvalue weighted by Crippen LogP contribution is 2.45. The van der Waals surface area contributed by atoms with Crippen molar-refractivity contribution in [2.45, 2.75) is 470 Å². The second kappa shape index (κ2) is 76.8. The highest BCUT2D eigenvalue weighted by atomic mass is 31.2.